The summed E-state index contributed by atoms with van der Waals surface area (Å²) < 4.78 is 13.5. The van der Waals surface area contributed by atoms with E-state index in [4.69, 9.17) is 8.83 Å². The smallest absolute Gasteiger partial charge is 0.252 e. The van der Waals surface area contributed by atoms with E-state index in [1.54, 1.807) is 0 Å². The fourth-order valence-corrected chi connectivity index (χ4v) is 18.4. The highest BCUT2D eigenvalue weighted by molar-refractivity contribution is 7.01. The summed E-state index contributed by atoms with van der Waals surface area (Å²) >= 11 is 0. The Hall–Kier alpha value is -14.0. The highest BCUT2D eigenvalue weighted by Gasteiger charge is 2.47. The van der Waals surface area contributed by atoms with E-state index in [0.717, 1.165) is 124 Å². The predicted molar refractivity (Wildman–Crippen MR) is 483 cm³/mol. The molecule has 544 valence electrons. The van der Waals surface area contributed by atoms with E-state index in [9.17, 15) is 0 Å². The quantitative estimate of drug-likeness (QED) is 0.126. The maximum Gasteiger partial charge on any atom is 0.252 e. The average Bonchev–Trinajstić information content (AvgIpc) is 1.05. The Kier molecular flexibility index (Phi) is 16.1. The fraction of sp³-hybridized carbons (Fsp3) is 0.0769. The molecule has 2 aromatic heterocycles. The van der Waals surface area contributed by atoms with Crippen LogP contribution in [-0.4, -0.2) is 13.4 Å². The molecule has 16 aromatic carbocycles. The van der Waals surface area contributed by atoms with Gasteiger partial charge in [0.2, 0.25) is 0 Å². The van der Waals surface area contributed by atoms with Gasteiger partial charge in [0.05, 0.1) is 22.7 Å². The van der Waals surface area contributed by atoms with Crippen LogP contribution in [0.3, 0.4) is 0 Å². The molecule has 0 bridgehead atoms. The molecule has 22 rings (SSSR count). The third kappa shape index (κ3) is 11.1. The molecule has 18 aromatic rings. The Morgan fingerprint density at radius 2 is 0.518 bits per heavy atom. The van der Waals surface area contributed by atoms with Crippen molar-refractivity contribution in [3.8, 4) is 0 Å². The molecule has 0 N–H and O–H groups in total. The lowest BCUT2D eigenvalue weighted by atomic mass is 9.33. The van der Waals surface area contributed by atoms with Crippen molar-refractivity contribution in [3.63, 3.8) is 0 Å². The van der Waals surface area contributed by atoms with Crippen LogP contribution >= 0.6 is 0 Å². The Morgan fingerprint density at radius 3 is 0.886 bits per heavy atom. The van der Waals surface area contributed by atoms with Crippen molar-refractivity contribution in [1.29, 1.82) is 0 Å². The van der Waals surface area contributed by atoms with Crippen molar-refractivity contribution in [2.45, 2.75) is 55.4 Å². The van der Waals surface area contributed by atoms with Gasteiger partial charge in [0.1, 0.15) is 11.2 Å². The number of benzene rings is 16. The molecule has 0 radical (unpaired) electrons. The van der Waals surface area contributed by atoms with E-state index < -0.39 is 0 Å². The topological polar surface area (TPSA) is 45.7 Å². The van der Waals surface area contributed by atoms with E-state index in [0.29, 0.717) is 0 Å². The molecule has 0 saturated heterocycles. The first-order valence-corrected chi connectivity index (χ1v) is 39.6. The Balaban J connectivity index is 0.000000143. The van der Waals surface area contributed by atoms with Gasteiger partial charge >= 0.3 is 0 Å². The van der Waals surface area contributed by atoms with Gasteiger partial charge in [-0.05, 0) is 245 Å². The molecule has 0 saturated carbocycles. The van der Waals surface area contributed by atoms with Gasteiger partial charge in [0.25, 0.3) is 13.4 Å². The van der Waals surface area contributed by atoms with Crippen LogP contribution in [-0.2, 0) is 0 Å². The second-order valence-electron chi connectivity index (χ2n) is 31.4. The maximum absolute atomic E-state index is 6.77. The number of anilines is 18. The lowest BCUT2D eigenvalue weighted by molar-refractivity contribution is 0.668. The molecule has 114 heavy (non-hydrogen) atoms. The summed E-state index contributed by atoms with van der Waals surface area (Å²) in [6, 6.07) is 125. The fourth-order valence-electron chi connectivity index (χ4n) is 18.4. The summed E-state index contributed by atoms with van der Waals surface area (Å²) in [7, 11) is 0. The summed E-state index contributed by atoms with van der Waals surface area (Å²) in [5, 5.41) is 4.42. The molecule has 4 aliphatic rings. The maximum atomic E-state index is 6.77. The molecule has 4 aliphatic heterocycles. The Bertz CT molecular complexity index is 6630. The first-order chi connectivity index (χ1) is 55.8. The monoisotopic (exact) mass is 1470 g/mol. The number of aryl methyl sites for hydroxylation is 8. The number of rotatable bonds is 10. The third-order valence-corrected chi connectivity index (χ3v) is 23.7. The molecule has 8 nitrogen and oxygen atoms in total. The van der Waals surface area contributed by atoms with Crippen molar-refractivity contribution < 1.29 is 8.83 Å². The first-order valence-electron chi connectivity index (χ1n) is 39.6. The number of hydrogen-bond donors (Lipinski definition) is 0. The summed E-state index contributed by atoms with van der Waals surface area (Å²) in [4.78, 5) is 14.7. The lowest BCUT2D eigenvalue weighted by Gasteiger charge is -2.45. The summed E-state index contributed by atoms with van der Waals surface area (Å²) in [5.41, 5.74) is 41.4. The molecule has 6 heterocycles. The minimum absolute atomic E-state index is 0.0289. The van der Waals surface area contributed by atoms with Gasteiger partial charge < -0.3 is 38.2 Å². The Morgan fingerprint density at radius 1 is 0.219 bits per heavy atom. The van der Waals surface area contributed by atoms with Gasteiger partial charge in [-0.3, -0.25) is 0 Å². The highest BCUT2D eigenvalue weighted by atomic mass is 16.3. The largest absolute Gasteiger partial charge is 0.454 e. The zero-order valence-corrected chi connectivity index (χ0v) is 65.0. The zero-order chi connectivity index (χ0) is 76.7. The second kappa shape index (κ2) is 26.9. The lowest BCUT2D eigenvalue weighted by Crippen LogP contribution is -2.61. The van der Waals surface area contributed by atoms with Gasteiger partial charge in [-0.2, -0.15) is 0 Å². The van der Waals surface area contributed by atoms with Crippen LogP contribution in [0.15, 0.2) is 349 Å². The molecular weight excluding hydrogens is 1390 g/mol. The molecule has 0 aliphatic carbocycles. The van der Waals surface area contributed by atoms with Gasteiger partial charge in [0, 0.05) is 101 Å². The minimum Gasteiger partial charge on any atom is -0.454 e. The number of furan rings is 2. The van der Waals surface area contributed by atoms with Crippen molar-refractivity contribution in [2.75, 3.05) is 29.4 Å². The molecule has 0 unspecified atom stereocenters. The molecule has 10 heteroatoms. The molecule has 0 spiro atoms. The van der Waals surface area contributed by atoms with E-state index in [2.05, 4.69) is 412 Å². The van der Waals surface area contributed by atoms with Crippen molar-refractivity contribution >= 4 is 192 Å². The van der Waals surface area contributed by atoms with Crippen LogP contribution in [0.2, 0.25) is 0 Å². The SMILES string of the molecule is Cc1ccc(N2c3cc(C)ccc3B3c4ccc(C)cc4N(c4ccc(C)cc4)c4cc(N(c5ccccc5)c5cccc6c5oc5ccccc56)cc2c43)cc1.Cc1ccc(N2c3ccc(C)cc3B3c4cc(C)ccc4N(c4ccc(C)cc4)c4cc(N(c5ccccc5)c5cccc6c5oc5ccccc56)cc2c43)cc1. The van der Waals surface area contributed by atoms with Crippen LogP contribution in [0.4, 0.5) is 102 Å². The standard InChI is InChI=1S/2C52H40BN3O/c1-33-17-23-38(24-18-33)55-45-27-21-35(3)29-43(45)53-44-30-36(4)22-28-46(44)56(39-25-19-34(2)20-26-39)49-32-40(31-48(55)51(49)53)54(37-11-6-5-7-12-37)47-15-10-14-42-41-13-8-9-16-50(41)57-52(42)47;1-33-17-23-38(24-18-33)55-46-29-35(3)21-27-43(46)53-44-28-22-36(4)30-47(44)56(39-25-19-34(2)20-26-39)49-32-40(31-48(55)51(49)53)54(37-11-6-5-7-12-37)45-15-10-14-42-41-13-8-9-16-50(41)57-52(42)45/h2*5-32H,1-4H3. The van der Waals surface area contributed by atoms with Crippen LogP contribution in [0.5, 0.6) is 0 Å². The van der Waals surface area contributed by atoms with Crippen molar-refractivity contribution in [2.24, 2.45) is 0 Å². The molecule has 0 amide bonds. The van der Waals surface area contributed by atoms with Crippen molar-refractivity contribution in [1.82, 2.24) is 0 Å². The molecule has 0 atom stereocenters. The predicted octanol–water partition coefficient (Wildman–Crippen LogP) is 24.7. The third-order valence-electron chi connectivity index (χ3n) is 23.7. The van der Waals surface area contributed by atoms with E-state index >= 15 is 0 Å². The number of para-hydroxylation sites is 6. The number of fused-ring (bicyclic) bond motifs is 14. The van der Waals surface area contributed by atoms with Gasteiger partial charge in [-0.1, -0.05) is 228 Å². The van der Waals surface area contributed by atoms with Crippen LogP contribution in [0.1, 0.15) is 44.5 Å². The van der Waals surface area contributed by atoms with E-state index in [-0.39, 0.29) is 13.4 Å². The molecule has 0 fully saturated rings. The van der Waals surface area contributed by atoms with Crippen LogP contribution in [0.25, 0.3) is 43.9 Å². The first kappa shape index (κ1) is 68.1. The van der Waals surface area contributed by atoms with Gasteiger partial charge in [0.15, 0.2) is 11.2 Å². The molecular formula is C104H80B2N6O2. The van der Waals surface area contributed by atoms with Crippen LogP contribution in [0, 0.1) is 55.4 Å². The summed E-state index contributed by atoms with van der Waals surface area (Å²) in [5.74, 6) is 0. The van der Waals surface area contributed by atoms with Crippen LogP contribution < -0.4 is 62.2 Å². The second-order valence-corrected chi connectivity index (χ2v) is 31.4. The van der Waals surface area contributed by atoms with E-state index in [1.165, 1.54) is 100 Å². The number of nitrogens with zero attached hydrogens (tertiary/aromatic N) is 6. The summed E-state index contributed by atoms with van der Waals surface area (Å²) in [6.45, 7) is 17.5. The average molecular weight is 1470 g/mol. The zero-order valence-electron chi connectivity index (χ0n) is 65.0. The Labute approximate surface area is 666 Å². The highest BCUT2D eigenvalue weighted by Crippen LogP contribution is 2.53. The summed E-state index contributed by atoms with van der Waals surface area (Å²) in [6.07, 6.45) is 0. The minimum atomic E-state index is 0.0289. The normalized spacial score (nSPS) is 12.8. The van der Waals surface area contributed by atoms with E-state index in [1.807, 2.05) is 12.1 Å². The van der Waals surface area contributed by atoms with Crippen molar-refractivity contribution in [3.05, 3.63) is 384 Å². The number of hydrogen-bond acceptors (Lipinski definition) is 8. The van der Waals surface area contributed by atoms with Gasteiger partial charge in [-0.25, -0.2) is 0 Å². The van der Waals surface area contributed by atoms with Gasteiger partial charge in [-0.15, -0.1) is 0 Å².